The Kier molecular flexibility index (Phi) is 6.52. The molecule has 3 rings (SSSR count). The molecule has 1 fully saturated rings. The van der Waals surface area contributed by atoms with E-state index in [0.29, 0.717) is 24.3 Å². The summed E-state index contributed by atoms with van der Waals surface area (Å²) in [5, 5.41) is 2.81. The number of benzene rings is 1. The molecule has 6 nitrogen and oxygen atoms in total. The van der Waals surface area contributed by atoms with Crippen LogP contribution in [-0.4, -0.2) is 35.3 Å². The van der Waals surface area contributed by atoms with E-state index in [1.165, 1.54) is 5.56 Å². The van der Waals surface area contributed by atoms with Crippen LogP contribution in [-0.2, 0) is 17.6 Å². The highest BCUT2D eigenvalue weighted by molar-refractivity contribution is 5.96. The number of rotatable bonds is 7. The molecule has 1 aromatic carbocycles. The van der Waals surface area contributed by atoms with Crippen LogP contribution in [0.2, 0.25) is 0 Å². The van der Waals surface area contributed by atoms with Gasteiger partial charge in [0, 0.05) is 25.4 Å². The zero-order chi connectivity index (χ0) is 21.0. The van der Waals surface area contributed by atoms with Gasteiger partial charge in [-0.1, -0.05) is 30.3 Å². The molecule has 0 spiro atoms. The summed E-state index contributed by atoms with van der Waals surface area (Å²) in [6.07, 6.45) is 2.64. The van der Waals surface area contributed by atoms with Crippen molar-refractivity contribution in [3.05, 3.63) is 69.3 Å². The normalized spacial score (nSPS) is 16.5. The van der Waals surface area contributed by atoms with E-state index in [1.54, 1.807) is 17.9 Å². The second-order valence-corrected chi connectivity index (χ2v) is 7.91. The molecule has 1 unspecified atom stereocenters. The largest absolute Gasteiger partial charge is 0.427 e. The van der Waals surface area contributed by atoms with Gasteiger partial charge in [0.1, 0.15) is 11.3 Å². The molecule has 1 atom stereocenters. The third-order valence-corrected chi connectivity index (χ3v) is 5.28. The minimum atomic E-state index is -0.623. The van der Waals surface area contributed by atoms with Gasteiger partial charge in [0.15, 0.2) is 0 Å². The van der Waals surface area contributed by atoms with Gasteiger partial charge >= 0.3 is 5.63 Å². The number of amides is 2. The van der Waals surface area contributed by atoms with Gasteiger partial charge in [0.2, 0.25) is 5.91 Å². The summed E-state index contributed by atoms with van der Waals surface area (Å²) < 4.78 is 5.40. The van der Waals surface area contributed by atoms with Crippen LogP contribution in [0, 0.1) is 6.92 Å². The quantitative estimate of drug-likeness (QED) is 0.780. The Morgan fingerprint density at radius 3 is 2.55 bits per heavy atom. The number of carbonyl (C=O) groups excluding carboxylic acids is 2. The smallest absolute Gasteiger partial charge is 0.349 e. The van der Waals surface area contributed by atoms with E-state index in [0.717, 1.165) is 12.8 Å². The average molecular weight is 396 g/mol. The highest BCUT2D eigenvalue weighted by Crippen LogP contribution is 2.16. The van der Waals surface area contributed by atoms with Crippen LogP contribution in [0.4, 0.5) is 0 Å². The fraction of sp³-hybridized carbons (Fsp3) is 0.435. The number of carbonyl (C=O) groups is 2. The van der Waals surface area contributed by atoms with Crippen LogP contribution >= 0.6 is 0 Å². The van der Waals surface area contributed by atoms with Crippen molar-refractivity contribution in [1.82, 2.24) is 10.2 Å². The summed E-state index contributed by atoms with van der Waals surface area (Å²) in [5.74, 6) is 0.125. The lowest BCUT2D eigenvalue weighted by Crippen LogP contribution is -2.40. The Morgan fingerprint density at radius 1 is 1.21 bits per heavy atom. The monoisotopic (exact) mass is 396 g/mol. The van der Waals surface area contributed by atoms with Crippen LogP contribution in [0.3, 0.4) is 0 Å². The molecule has 1 saturated heterocycles. The fourth-order valence-corrected chi connectivity index (χ4v) is 3.77. The first kappa shape index (κ1) is 20.8. The van der Waals surface area contributed by atoms with Gasteiger partial charge in [-0.2, -0.15) is 0 Å². The van der Waals surface area contributed by atoms with Crippen molar-refractivity contribution in [3.8, 4) is 0 Å². The second kappa shape index (κ2) is 9.07. The molecule has 2 amide bonds. The van der Waals surface area contributed by atoms with Gasteiger partial charge in [-0.3, -0.25) is 9.59 Å². The number of hydrogen-bond donors (Lipinski definition) is 1. The van der Waals surface area contributed by atoms with E-state index in [9.17, 15) is 14.4 Å². The van der Waals surface area contributed by atoms with E-state index in [4.69, 9.17) is 4.42 Å². The molecule has 2 heterocycles. The van der Waals surface area contributed by atoms with Crippen molar-refractivity contribution in [2.75, 3.05) is 6.54 Å². The summed E-state index contributed by atoms with van der Waals surface area (Å²) in [6, 6.07) is 11.7. The maximum atomic E-state index is 12.6. The number of aryl methyl sites for hydroxylation is 3. The Labute approximate surface area is 170 Å². The van der Waals surface area contributed by atoms with Crippen LogP contribution in [0.15, 0.2) is 45.6 Å². The standard InChI is InChI=1S/C23H28N2O4/c1-15(2)25-14-18(13-20(25)26)24-22(27)21-16(3)12-19(29-23(21)28)11-7-10-17-8-5-4-6-9-17/h4-6,8-9,12,15,18H,7,10-11,13-14H2,1-3H3,(H,24,27). The van der Waals surface area contributed by atoms with E-state index in [2.05, 4.69) is 17.4 Å². The van der Waals surface area contributed by atoms with Crippen molar-refractivity contribution >= 4 is 11.8 Å². The van der Waals surface area contributed by atoms with E-state index in [-0.39, 0.29) is 30.0 Å². The second-order valence-electron chi connectivity index (χ2n) is 7.91. The lowest BCUT2D eigenvalue weighted by Gasteiger charge is -2.21. The molecule has 1 aliphatic rings. The van der Waals surface area contributed by atoms with Gasteiger partial charge in [0.25, 0.3) is 5.91 Å². The molecule has 0 bridgehead atoms. The van der Waals surface area contributed by atoms with Gasteiger partial charge < -0.3 is 14.6 Å². The highest BCUT2D eigenvalue weighted by Gasteiger charge is 2.32. The third-order valence-electron chi connectivity index (χ3n) is 5.28. The first-order chi connectivity index (χ1) is 13.8. The molecule has 0 aliphatic carbocycles. The van der Waals surface area contributed by atoms with E-state index < -0.39 is 11.5 Å². The van der Waals surface area contributed by atoms with Gasteiger partial charge in [-0.05, 0) is 50.8 Å². The van der Waals surface area contributed by atoms with Crippen molar-refractivity contribution in [1.29, 1.82) is 0 Å². The maximum Gasteiger partial charge on any atom is 0.349 e. The Balaban J connectivity index is 1.62. The molecule has 29 heavy (non-hydrogen) atoms. The molecular formula is C23H28N2O4. The Bertz CT molecular complexity index is 934. The zero-order valence-corrected chi connectivity index (χ0v) is 17.2. The van der Waals surface area contributed by atoms with E-state index >= 15 is 0 Å². The summed E-state index contributed by atoms with van der Waals surface area (Å²) in [4.78, 5) is 38.8. The molecule has 1 N–H and O–H groups in total. The number of hydrogen-bond acceptors (Lipinski definition) is 4. The summed E-state index contributed by atoms with van der Waals surface area (Å²) in [5.41, 5.74) is 1.23. The first-order valence-electron chi connectivity index (χ1n) is 10.1. The molecule has 1 aromatic heterocycles. The van der Waals surface area contributed by atoms with Crippen LogP contribution in [0.1, 0.15) is 53.9 Å². The number of nitrogens with one attached hydrogen (secondary N) is 1. The summed E-state index contributed by atoms with van der Waals surface area (Å²) in [6.45, 7) is 6.09. The first-order valence-corrected chi connectivity index (χ1v) is 10.1. The minimum Gasteiger partial charge on any atom is -0.427 e. The fourth-order valence-electron chi connectivity index (χ4n) is 3.77. The van der Waals surface area contributed by atoms with Crippen molar-refractivity contribution in [3.63, 3.8) is 0 Å². The van der Waals surface area contributed by atoms with Crippen LogP contribution in [0.5, 0.6) is 0 Å². The molecule has 2 aromatic rings. The lowest BCUT2D eigenvalue weighted by molar-refractivity contribution is -0.129. The molecule has 0 saturated carbocycles. The average Bonchev–Trinajstić information content (AvgIpc) is 3.02. The zero-order valence-electron chi connectivity index (χ0n) is 17.2. The lowest BCUT2D eigenvalue weighted by atomic mass is 10.1. The Morgan fingerprint density at radius 2 is 1.93 bits per heavy atom. The predicted molar refractivity (Wildman–Crippen MR) is 111 cm³/mol. The molecular weight excluding hydrogens is 368 g/mol. The highest BCUT2D eigenvalue weighted by atomic mass is 16.4. The van der Waals surface area contributed by atoms with Crippen molar-refractivity contribution in [2.24, 2.45) is 0 Å². The topological polar surface area (TPSA) is 79.6 Å². The maximum absolute atomic E-state index is 12.6. The van der Waals surface area contributed by atoms with E-state index in [1.807, 2.05) is 32.0 Å². The van der Waals surface area contributed by atoms with Crippen molar-refractivity contribution < 1.29 is 14.0 Å². The van der Waals surface area contributed by atoms with Gasteiger partial charge in [-0.15, -0.1) is 0 Å². The molecule has 154 valence electrons. The molecule has 1 aliphatic heterocycles. The SMILES string of the molecule is Cc1cc(CCCc2ccccc2)oc(=O)c1C(=O)NC1CC(=O)N(C(C)C)C1. The summed E-state index contributed by atoms with van der Waals surface area (Å²) >= 11 is 0. The van der Waals surface area contributed by atoms with Crippen LogP contribution < -0.4 is 10.9 Å². The predicted octanol–water partition coefficient (Wildman–Crippen LogP) is 2.86. The van der Waals surface area contributed by atoms with Gasteiger partial charge in [0.05, 0.1) is 6.04 Å². The molecule has 6 heteroatoms. The minimum absolute atomic E-state index is 0.0165. The Hall–Kier alpha value is -2.89. The third kappa shape index (κ3) is 5.13. The number of nitrogens with zero attached hydrogens (tertiary/aromatic N) is 1. The van der Waals surface area contributed by atoms with Crippen LogP contribution in [0.25, 0.3) is 0 Å². The molecule has 0 radical (unpaired) electrons. The van der Waals surface area contributed by atoms with Gasteiger partial charge in [-0.25, -0.2) is 4.79 Å². The van der Waals surface area contributed by atoms with Crippen molar-refractivity contribution in [2.45, 2.75) is 58.5 Å². The number of likely N-dealkylation sites (tertiary alicyclic amines) is 1. The summed E-state index contributed by atoms with van der Waals surface area (Å²) in [7, 11) is 0.